The third kappa shape index (κ3) is 2.51. The van der Waals surface area contributed by atoms with Gasteiger partial charge in [0.2, 0.25) is 0 Å². The lowest BCUT2D eigenvalue weighted by Crippen LogP contribution is -1.99. The van der Waals surface area contributed by atoms with Gasteiger partial charge in [-0.1, -0.05) is 90.5 Å². The smallest absolute Gasteiger partial charge is 0.194 e. The number of rotatable bonds is 2. The number of ketones is 1. The molecule has 4 aromatic carbocycles. The standard InChI is InChI=1S/C25H15ClO/c26-17-13-14-19(23(15-17)16-7-2-1-3-8-16)21-12-6-11-20-18-9-4-5-10-22(18)25(27)24(20)21/h1-15H. The minimum atomic E-state index is 0.0881. The molecule has 0 unspecified atom stereocenters. The van der Waals surface area contributed by atoms with Gasteiger partial charge in [0.1, 0.15) is 0 Å². The van der Waals surface area contributed by atoms with Crippen molar-refractivity contribution >= 4 is 17.4 Å². The zero-order valence-corrected chi connectivity index (χ0v) is 15.2. The quantitative estimate of drug-likeness (QED) is 0.332. The Hall–Kier alpha value is -3.16. The molecular formula is C25H15ClO. The average Bonchev–Trinajstić information content (AvgIpc) is 3.02. The minimum Gasteiger partial charge on any atom is -0.289 e. The first-order valence-electron chi connectivity index (χ1n) is 8.86. The molecule has 0 aliphatic heterocycles. The highest BCUT2D eigenvalue weighted by Gasteiger charge is 2.29. The number of hydrogen-bond donors (Lipinski definition) is 0. The van der Waals surface area contributed by atoms with E-state index in [-0.39, 0.29) is 5.78 Å². The molecule has 0 aromatic heterocycles. The molecule has 0 heterocycles. The molecule has 0 amide bonds. The fourth-order valence-electron chi connectivity index (χ4n) is 3.90. The Kier molecular flexibility index (Phi) is 3.70. The van der Waals surface area contributed by atoms with Gasteiger partial charge < -0.3 is 0 Å². The lowest BCUT2D eigenvalue weighted by atomic mass is 9.90. The first-order chi connectivity index (χ1) is 13.2. The highest BCUT2D eigenvalue weighted by atomic mass is 35.5. The molecule has 0 saturated heterocycles. The predicted octanol–water partition coefficient (Wildman–Crippen LogP) is 6.89. The van der Waals surface area contributed by atoms with Crippen molar-refractivity contribution < 1.29 is 4.79 Å². The summed E-state index contributed by atoms with van der Waals surface area (Å²) in [6, 6.07) is 29.9. The van der Waals surface area contributed by atoms with Crippen molar-refractivity contribution in [2.45, 2.75) is 0 Å². The summed E-state index contributed by atoms with van der Waals surface area (Å²) in [5, 5.41) is 0.680. The molecule has 5 rings (SSSR count). The van der Waals surface area contributed by atoms with E-state index < -0.39 is 0 Å². The van der Waals surface area contributed by atoms with E-state index in [0.29, 0.717) is 5.02 Å². The summed E-state index contributed by atoms with van der Waals surface area (Å²) in [7, 11) is 0. The lowest BCUT2D eigenvalue weighted by molar-refractivity contribution is 0.104. The van der Waals surface area contributed by atoms with E-state index in [1.165, 1.54) is 0 Å². The Morgan fingerprint density at radius 3 is 1.85 bits per heavy atom. The monoisotopic (exact) mass is 366 g/mol. The van der Waals surface area contributed by atoms with Gasteiger partial charge in [0.25, 0.3) is 0 Å². The molecule has 0 N–H and O–H groups in total. The van der Waals surface area contributed by atoms with Crippen molar-refractivity contribution in [3.8, 4) is 33.4 Å². The van der Waals surface area contributed by atoms with Crippen molar-refractivity contribution in [2.75, 3.05) is 0 Å². The fraction of sp³-hybridized carbons (Fsp3) is 0. The van der Waals surface area contributed by atoms with E-state index in [4.69, 9.17) is 11.6 Å². The molecule has 0 radical (unpaired) electrons. The number of benzene rings is 4. The SMILES string of the molecule is O=C1c2ccccc2-c2cccc(-c3ccc(Cl)cc3-c3ccccc3)c21. The topological polar surface area (TPSA) is 17.1 Å². The second-order valence-electron chi connectivity index (χ2n) is 6.66. The Morgan fingerprint density at radius 1 is 0.519 bits per heavy atom. The maximum Gasteiger partial charge on any atom is 0.194 e. The van der Waals surface area contributed by atoms with E-state index in [9.17, 15) is 4.79 Å². The average molecular weight is 367 g/mol. The van der Waals surface area contributed by atoms with Crippen molar-refractivity contribution in [3.05, 3.63) is 107 Å². The van der Waals surface area contributed by atoms with Crippen molar-refractivity contribution in [3.63, 3.8) is 0 Å². The molecule has 128 valence electrons. The van der Waals surface area contributed by atoms with Crippen LogP contribution in [0.1, 0.15) is 15.9 Å². The van der Waals surface area contributed by atoms with Crippen LogP contribution in [0.4, 0.5) is 0 Å². The summed E-state index contributed by atoms with van der Waals surface area (Å²) in [4.78, 5) is 13.2. The van der Waals surface area contributed by atoms with Crippen LogP contribution in [0.2, 0.25) is 5.02 Å². The number of hydrogen-bond acceptors (Lipinski definition) is 1. The second kappa shape index (κ2) is 6.22. The largest absolute Gasteiger partial charge is 0.289 e. The van der Waals surface area contributed by atoms with Gasteiger partial charge in [-0.05, 0) is 45.5 Å². The van der Waals surface area contributed by atoms with Crippen LogP contribution in [0, 0.1) is 0 Å². The number of halogens is 1. The summed E-state index contributed by atoms with van der Waals surface area (Å²) >= 11 is 6.31. The van der Waals surface area contributed by atoms with E-state index in [1.54, 1.807) is 0 Å². The summed E-state index contributed by atoms with van der Waals surface area (Å²) in [6.07, 6.45) is 0. The molecule has 0 saturated carbocycles. The van der Waals surface area contributed by atoms with Crippen LogP contribution < -0.4 is 0 Å². The molecule has 2 heteroatoms. The maximum atomic E-state index is 13.2. The van der Waals surface area contributed by atoms with Crippen LogP contribution >= 0.6 is 11.6 Å². The van der Waals surface area contributed by atoms with Crippen LogP contribution in [-0.2, 0) is 0 Å². The van der Waals surface area contributed by atoms with Crippen LogP contribution in [0.3, 0.4) is 0 Å². The fourth-order valence-corrected chi connectivity index (χ4v) is 4.08. The first kappa shape index (κ1) is 16.0. The van der Waals surface area contributed by atoms with Gasteiger partial charge in [0.05, 0.1) is 0 Å². The third-order valence-corrected chi connectivity index (χ3v) is 5.35. The zero-order valence-electron chi connectivity index (χ0n) is 14.4. The van der Waals surface area contributed by atoms with E-state index in [1.807, 2.05) is 78.9 Å². The molecule has 0 fully saturated rings. The number of fused-ring (bicyclic) bond motifs is 3. The van der Waals surface area contributed by atoms with Crippen LogP contribution in [-0.4, -0.2) is 5.78 Å². The molecule has 1 aliphatic carbocycles. The van der Waals surface area contributed by atoms with Crippen molar-refractivity contribution in [1.82, 2.24) is 0 Å². The molecule has 1 nitrogen and oxygen atoms in total. The van der Waals surface area contributed by atoms with Gasteiger partial charge in [-0.3, -0.25) is 4.79 Å². The Balaban J connectivity index is 1.79. The van der Waals surface area contributed by atoms with E-state index in [2.05, 4.69) is 12.1 Å². The molecular weight excluding hydrogens is 352 g/mol. The Morgan fingerprint density at radius 2 is 1.11 bits per heavy atom. The van der Waals surface area contributed by atoms with Gasteiger partial charge >= 0.3 is 0 Å². The molecule has 0 bridgehead atoms. The minimum absolute atomic E-state index is 0.0881. The Labute approximate surface area is 162 Å². The van der Waals surface area contributed by atoms with Gasteiger partial charge in [-0.2, -0.15) is 0 Å². The highest BCUT2D eigenvalue weighted by molar-refractivity contribution is 6.31. The number of carbonyl (C=O) groups excluding carboxylic acids is 1. The van der Waals surface area contributed by atoms with Gasteiger partial charge in [-0.25, -0.2) is 0 Å². The molecule has 0 atom stereocenters. The summed E-state index contributed by atoms with van der Waals surface area (Å²) in [5.41, 5.74) is 7.63. The second-order valence-corrected chi connectivity index (χ2v) is 7.10. The molecule has 0 spiro atoms. The van der Waals surface area contributed by atoms with Crippen LogP contribution in [0.15, 0.2) is 91.0 Å². The predicted molar refractivity (Wildman–Crippen MR) is 111 cm³/mol. The van der Waals surface area contributed by atoms with Crippen LogP contribution in [0.5, 0.6) is 0 Å². The van der Waals surface area contributed by atoms with E-state index in [0.717, 1.165) is 44.5 Å². The molecule has 27 heavy (non-hydrogen) atoms. The van der Waals surface area contributed by atoms with Gasteiger partial charge in [0, 0.05) is 16.1 Å². The Bertz CT molecular complexity index is 1190. The van der Waals surface area contributed by atoms with E-state index >= 15 is 0 Å². The van der Waals surface area contributed by atoms with Crippen molar-refractivity contribution in [2.24, 2.45) is 0 Å². The molecule has 1 aliphatic rings. The summed E-state index contributed by atoms with van der Waals surface area (Å²) in [6.45, 7) is 0. The first-order valence-corrected chi connectivity index (χ1v) is 9.24. The summed E-state index contributed by atoms with van der Waals surface area (Å²) < 4.78 is 0. The third-order valence-electron chi connectivity index (χ3n) is 5.11. The van der Waals surface area contributed by atoms with Gasteiger partial charge in [-0.15, -0.1) is 0 Å². The van der Waals surface area contributed by atoms with Crippen molar-refractivity contribution in [1.29, 1.82) is 0 Å². The number of carbonyl (C=O) groups is 1. The summed E-state index contributed by atoms with van der Waals surface area (Å²) in [5.74, 6) is 0.0881. The molecule has 4 aromatic rings. The van der Waals surface area contributed by atoms with Crippen LogP contribution in [0.25, 0.3) is 33.4 Å². The maximum absolute atomic E-state index is 13.2. The zero-order chi connectivity index (χ0) is 18.4. The normalized spacial score (nSPS) is 12.0. The van der Waals surface area contributed by atoms with Gasteiger partial charge in [0.15, 0.2) is 5.78 Å². The highest BCUT2D eigenvalue weighted by Crippen LogP contribution is 2.44. The lowest BCUT2D eigenvalue weighted by Gasteiger charge is -2.14.